The van der Waals surface area contributed by atoms with Crippen molar-refractivity contribution in [1.82, 2.24) is 10.2 Å². The Kier molecular flexibility index (Phi) is 4.30. The Balaban J connectivity index is 1.67. The van der Waals surface area contributed by atoms with Crippen LogP contribution in [0.25, 0.3) is 0 Å². The third-order valence-electron chi connectivity index (χ3n) is 4.60. The van der Waals surface area contributed by atoms with E-state index in [1.165, 1.54) is 17.7 Å². The van der Waals surface area contributed by atoms with Gasteiger partial charge >= 0.3 is 6.03 Å². The first-order chi connectivity index (χ1) is 9.17. The molecule has 0 aromatic heterocycles. The molecule has 2 fully saturated rings. The third kappa shape index (κ3) is 3.85. The van der Waals surface area contributed by atoms with Crippen molar-refractivity contribution in [2.24, 2.45) is 16.5 Å². The molecule has 20 heavy (non-hydrogen) atoms. The number of nitrogens with zero attached hydrogens (tertiary/aromatic N) is 1. The van der Waals surface area contributed by atoms with Crippen LogP contribution in [-0.4, -0.2) is 44.2 Å². The summed E-state index contributed by atoms with van der Waals surface area (Å²) in [4.78, 5) is 13.3. The fraction of sp³-hybridized carbons (Fsp3) is 0.923. The summed E-state index contributed by atoms with van der Waals surface area (Å²) in [6.45, 7) is 5.68. The van der Waals surface area contributed by atoms with E-state index in [1.54, 1.807) is 0 Å². The van der Waals surface area contributed by atoms with Gasteiger partial charge in [-0.25, -0.2) is 18.4 Å². The molecule has 0 aromatic carbocycles. The molecule has 6 nitrogen and oxygen atoms in total. The monoisotopic (exact) mass is 303 g/mol. The first-order valence-electron chi connectivity index (χ1n) is 7.22. The molecule has 2 amide bonds. The molecule has 2 rings (SSSR count). The number of rotatable bonds is 3. The topological polar surface area (TPSA) is 92.5 Å². The highest BCUT2D eigenvalue weighted by molar-refractivity contribution is 7.89. The molecule has 0 atom stereocenters. The third-order valence-corrected chi connectivity index (χ3v) is 5.83. The Morgan fingerprint density at radius 2 is 1.85 bits per heavy atom. The van der Waals surface area contributed by atoms with Gasteiger partial charge in [-0.2, -0.15) is 0 Å². The second-order valence-electron chi connectivity index (χ2n) is 6.91. The molecule has 1 saturated carbocycles. The van der Waals surface area contributed by atoms with Crippen LogP contribution in [0.5, 0.6) is 0 Å². The first kappa shape index (κ1) is 15.6. The summed E-state index contributed by atoms with van der Waals surface area (Å²) < 4.78 is 22.1. The van der Waals surface area contributed by atoms with E-state index in [-0.39, 0.29) is 19.1 Å². The zero-order valence-electron chi connectivity index (χ0n) is 12.3. The van der Waals surface area contributed by atoms with Crippen LogP contribution in [0.2, 0.25) is 0 Å². The van der Waals surface area contributed by atoms with Crippen molar-refractivity contribution in [1.29, 1.82) is 0 Å². The minimum absolute atomic E-state index is 0.172. The average molecular weight is 303 g/mol. The summed E-state index contributed by atoms with van der Waals surface area (Å²) >= 11 is 0. The van der Waals surface area contributed by atoms with Crippen molar-refractivity contribution in [3.63, 3.8) is 0 Å². The lowest BCUT2D eigenvalue weighted by atomic mass is 9.73. The number of carbonyl (C=O) groups is 1. The van der Waals surface area contributed by atoms with Crippen molar-refractivity contribution < 1.29 is 13.2 Å². The van der Waals surface area contributed by atoms with E-state index in [1.807, 2.05) is 0 Å². The molecule has 0 bridgehead atoms. The van der Waals surface area contributed by atoms with Crippen molar-refractivity contribution in [2.45, 2.75) is 44.8 Å². The summed E-state index contributed by atoms with van der Waals surface area (Å²) in [5.74, 6) is 0.544. The summed E-state index contributed by atoms with van der Waals surface area (Å²) in [7, 11) is -3.50. The fourth-order valence-corrected chi connectivity index (χ4v) is 3.59. The van der Waals surface area contributed by atoms with Crippen LogP contribution in [-0.2, 0) is 10.0 Å². The van der Waals surface area contributed by atoms with Gasteiger partial charge in [-0.15, -0.1) is 0 Å². The minimum atomic E-state index is -3.50. The Morgan fingerprint density at radius 3 is 2.35 bits per heavy atom. The number of nitrogens with one attached hydrogen (secondary N) is 1. The van der Waals surface area contributed by atoms with Crippen molar-refractivity contribution in [3.8, 4) is 0 Å². The fourth-order valence-electron chi connectivity index (χ4n) is 2.82. The lowest BCUT2D eigenvalue weighted by Crippen LogP contribution is -2.61. The predicted molar refractivity (Wildman–Crippen MR) is 77.6 cm³/mol. The summed E-state index contributed by atoms with van der Waals surface area (Å²) in [5, 5.41) is 7.34. The van der Waals surface area contributed by atoms with Crippen LogP contribution in [0.15, 0.2) is 0 Å². The summed E-state index contributed by atoms with van der Waals surface area (Å²) in [6, 6.07) is -0.172. The molecule has 0 unspecified atom stereocenters. The molecular formula is C13H25N3O3S. The maximum atomic E-state index is 11.8. The van der Waals surface area contributed by atoms with Crippen molar-refractivity contribution in [3.05, 3.63) is 0 Å². The number of urea groups is 1. The Hall–Kier alpha value is -0.820. The van der Waals surface area contributed by atoms with Gasteiger partial charge < -0.3 is 10.2 Å². The molecule has 0 radical (unpaired) electrons. The Labute approximate surface area is 121 Å². The highest BCUT2D eigenvalue weighted by atomic mass is 32.2. The van der Waals surface area contributed by atoms with Crippen molar-refractivity contribution >= 4 is 16.1 Å². The van der Waals surface area contributed by atoms with Crippen molar-refractivity contribution in [2.75, 3.05) is 19.6 Å². The summed E-state index contributed by atoms with van der Waals surface area (Å²) in [6.07, 6.45) is 4.69. The molecule has 1 saturated heterocycles. The van der Waals surface area contributed by atoms with Gasteiger partial charge in [0.1, 0.15) is 5.25 Å². The second-order valence-corrected chi connectivity index (χ2v) is 8.75. The van der Waals surface area contributed by atoms with Crippen LogP contribution in [0.1, 0.15) is 39.5 Å². The zero-order chi connectivity index (χ0) is 15.0. The standard InChI is InChI=1S/C13H25N3O3S/c1-13(2)5-3-10(4-6-13)7-15-12(17)16-8-11(9-16)20(14,18)19/h10-11H,3-9H2,1-2H3,(H,15,17)(H2,14,18,19). The molecule has 2 aliphatic rings. The number of amides is 2. The van der Waals surface area contributed by atoms with Gasteiger partial charge in [-0.1, -0.05) is 13.8 Å². The number of hydrogen-bond acceptors (Lipinski definition) is 3. The molecule has 3 N–H and O–H groups in total. The van der Waals surface area contributed by atoms with E-state index >= 15 is 0 Å². The van der Waals surface area contributed by atoms with Gasteiger partial charge in [0.2, 0.25) is 10.0 Å². The number of hydrogen-bond donors (Lipinski definition) is 2. The van der Waals surface area contributed by atoms with Crippen LogP contribution < -0.4 is 10.5 Å². The molecular weight excluding hydrogens is 278 g/mol. The first-order valence-corrected chi connectivity index (χ1v) is 8.83. The van der Waals surface area contributed by atoms with Crippen LogP contribution in [0, 0.1) is 11.3 Å². The molecule has 1 heterocycles. The van der Waals surface area contributed by atoms with E-state index in [9.17, 15) is 13.2 Å². The number of sulfonamides is 1. The summed E-state index contributed by atoms with van der Waals surface area (Å²) in [5.41, 5.74) is 0.431. The maximum absolute atomic E-state index is 11.8. The molecule has 1 aliphatic heterocycles. The molecule has 0 spiro atoms. The molecule has 0 aromatic rings. The van der Waals surface area contributed by atoms with Gasteiger partial charge in [0.25, 0.3) is 0 Å². The van der Waals surface area contributed by atoms with Crippen LogP contribution >= 0.6 is 0 Å². The highest BCUT2D eigenvalue weighted by Gasteiger charge is 2.38. The van der Waals surface area contributed by atoms with E-state index in [0.29, 0.717) is 17.9 Å². The maximum Gasteiger partial charge on any atom is 0.317 e. The van der Waals surface area contributed by atoms with Gasteiger partial charge in [-0.3, -0.25) is 0 Å². The number of likely N-dealkylation sites (tertiary alicyclic amines) is 1. The zero-order valence-corrected chi connectivity index (χ0v) is 13.1. The lowest BCUT2D eigenvalue weighted by molar-refractivity contribution is 0.159. The number of primary sulfonamides is 1. The van der Waals surface area contributed by atoms with Gasteiger partial charge in [-0.05, 0) is 37.0 Å². The van der Waals surface area contributed by atoms with E-state index < -0.39 is 15.3 Å². The molecule has 7 heteroatoms. The average Bonchev–Trinajstić information content (AvgIpc) is 2.23. The highest BCUT2D eigenvalue weighted by Crippen LogP contribution is 2.37. The second kappa shape index (κ2) is 5.52. The Morgan fingerprint density at radius 1 is 1.30 bits per heavy atom. The Bertz CT molecular complexity index is 459. The van der Waals surface area contributed by atoms with E-state index in [0.717, 1.165) is 12.8 Å². The van der Waals surface area contributed by atoms with Gasteiger partial charge in [0, 0.05) is 19.6 Å². The predicted octanol–water partition coefficient (Wildman–Crippen LogP) is 0.885. The lowest BCUT2D eigenvalue weighted by Gasteiger charge is -2.38. The number of carbonyl (C=O) groups excluding carboxylic acids is 1. The number of nitrogens with two attached hydrogens (primary N) is 1. The minimum Gasteiger partial charge on any atom is -0.338 e. The molecule has 1 aliphatic carbocycles. The largest absolute Gasteiger partial charge is 0.338 e. The SMILES string of the molecule is CC1(C)CCC(CNC(=O)N2CC(S(N)(=O)=O)C2)CC1. The van der Waals surface area contributed by atoms with Crippen LogP contribution in [0.4, 0.5) is 4.79 Å². The van der Waals surface area contributed by atoms with Gasteiger partial charge in [0.15, 0.2) is 0 Å². The van der Waals surface area contributed by atoms with Gasteiger partial charge in [0.05, 0.1) is 0 Å². The van der Waals surface area contributed by atoms with Crippen LogP contribution in [0.3, 0.4) is 0 Å². The normalized spacial score (nSPS) is 24.2. The smallest absolute Gasteiger partial charge is 0.317 e. The molecule has 116 valence electrons. The van der Waals surface area contributed by atoms with E-state index in [4.69, 9.17) is 5.14 Å². The van der Waals surface area contributed by atoms with E-state index in [2.05, 4.69) is 19.2 Å². The quantitative estimate of drug-likeness (QED) is 0.810.